The van der Waals surface area contributed by atoms with E-state index in [2.05, 4.69) is 4.74 Å². The maximum absolute atomic E-state index is 11.7. The van der Waals surface area contributed by atoms with E-state index in [0.29, 0.717) is 15.8 Å². The van der Waals surface area contributed by atoms with Crippen LogP contribution in [-0.2, 0) is 0 Å². The molecule has 1 aromatic carbocycles. The van der Waals surface area contributed by atoms with Gasteiger partial charge in [0.1, 0.15) is 5.75 Å². The SMILES string of the molecule is Cc1c(Cl)cc(OCF)cc1Cl. The van der Waals surface area contributed by atoms with E-state index in [1.165, 1.54) is 12.1 Å². The molecule has 0 fully saturated rings. The Hall–Kier alpha value is -0.470. The molecule has 0 unspecified atom stereocenters. The van der Waals surface area contributed by atoms with Gasteiger partial charge in [-0.15, -0.1) is 0 Å². The zero-order chi connectivity index (χ0) is 9.14. The summed E-state index contributed by atoms with van der Waals surface area (Å²) in [5.74, 6) is 0.345. The van der Waals surface area contributed by atoms with Gasteiger partial charge in [0.05, 0.1) is 0 Å². The smallest absolute Gasteiger partial charge is 0.228 e. The van der Waals surface area contributed by atoms with Crippen LogP contribution in [0.2, 0.25) is 10.0 Å². The van der Waals surface area contributed by atoms with Crippen LogP contribution in [0.15, 0.2) is 12.1 Å². The topological polar surface area (TPSA) is 9.23 Å². The summed E-state index contributed by atoms with van der Waals surface area (Å²) in [7, 11) is 0. The van der Waals surface area contributed by atoms with Crippen LogP contribution in [0.5, 0.6) is 5.75 Å². The first-order valence-corrected chi connectivity index (χ1v) is 4.05. The molecule has 0 bridgehead atoms. The lowest BCUT2D eigenvalue weighted by molar-refractivity contribution is 0.192. The second kappa shape index (κ2) is 3.97. The Kier molecular flexibility index (Phi) is 3.18. The lowest BCUT2D eigenvalue weighted by Gasteiger charge is -2.05. The molecule has 0 saturated carbocycles. The summed E-state index contributed by atoms with van der Waals surface area (Å²) in [4.78, 5) is 0. The predicted molar refractivity (Wildman–Crippen MR) is 47.8 cm³/mol. The Labute approximate surface area is 80.0 Å². The molecule has 4 heteroatoms. The second-order valence-electron chi connectivity index (χ2n) is 2.27. The van der Waals surface area contributed by atoms with Crippen molar-refractivity contribution in [2.24, 2.45) is 0 Å². The molecule has 0 spiro atoms. The summed E-state index contributed by atoms with van der Waals surface area (Å²) in [6.07, 6.45) is 0. The summed E-state index contributed by atoms with van der Waals surface area (Å²) >= 11 is 11.5. The van der Waals surface area contributed by atoms with Crippen LogP contribution in [0.4, 0.5) is 4.39 Å². The molecular weight excluding hydrogens is 202 g/mol. The number of ether oxygens (including phenoxy) is 1. The molecule has 0 heterocycles. The van der Waals surface area contributed by atoms with E-state index in [-0.39, 0.29) is 0 Å². The molecule has 1 rings (SSSR count). The van der Waals surface area contributed by atoms with Gasteiger partial charge in [-0.1, -0.05) is 23.2 Å². The van der Waals surface area contributed by atoms with E-state index < -0.39 is 6.86 Å². The molecule has 0 aliphatic heterocycles. The van der Waals surface area contributed by atoms with E-state index in [0.717, 1.165) is 5.56 Å². The number of hydrogen-bond donors (Lipinski definition) is 0. The highest BCUT2D eigenvalue weighted by Crippen LogP contribution is 2.29. The monoisotopic (exact) mass is 208 g/mol. The van der Waals surface area contributed by atoms with Crippen molar-refractivity contribution < 1.29 is 9.13 Å². The van der Waals surface area contributed by atoms with Crippen molar-refractivity contribution in [2.75, 3.05) is 6.86 Å². The van der Waals surface area contributed by atoms with E-state index in [9.17, 15) is 4.39 Å². The van der Waals surface area contributed by atoms with Gasteiger partial charge in [-0.2, -0.15) is 0 Å². The van der Waals surface area contributed by atoms with Crippen molar-refractivity contribution in [3.63, 3.8) is 0 Å². The van der Waals surface area contributed by atoms with Gasteiger partial charge in [-0.3, -0.25) is 0 Å². The Morgan fingerprint density at radius 3 is 2.25 bits per heavy atom. The number of alkyl halides is 1. The Bertz CT molecular complexity index is 265. The molecule has 0 aromatic heterocycles. The van der Waals surface area contributed by atoms with Gasteiger partial charge in [0, 0.05) is 10.0 Å². The molecule has 0 amide bonds. The minimum absolute atomic E-state index is 0.345. The minimum atomic E-state index is -0.879. The van der Waals surface area contributed by atoms with Gasteiger partial charge >= 0.3 is 0 Å². The van der Waals surface area contributed by atoms with Crippen molar-refractivity contribution in [2.45, 2.75) is 6.92 Å². The van der Waals surface area contributed by atoms with Gasteiger partial charge in [-0.05, 0) is 24.6 Å². The third-order valence-electron chi connectivity index (χ3n) is 1.48. The summed E-state index contributed by atoms with van der Waals surface area (Å²) in [5.41, 5.74) is 0.768. The fraction of sp³-hybridized carbons (Fsp3) is 0.250. The van der Waals surface area contributed by atoms with Gasteiger partial charge in [0.15, 0.2) is 0 Å². The fourth-order valence-electron chi connectivity index (χ4n) is 0.768. The Morgan fingerprint density at radius 2 is 1.83 bits per heavy atom. The number of hydrogen-bond acceptors (Lipinski definition) is 1. The molecule has 0 atom stereocenters. The van der Waals surface area contributed by atoms with Crippen LogP contribution in [0.3, 0.4) is 0 Å². The fourth-order valence-corrected chi connectivity index (χ4v) is 1.24. The van der Waals surface area contributed by atoms with Crippen molar-refractivity contribution in [1.29, 1.82) is 0 Å². The van der Waals surface area contributed by atoms with Crippen LogP contribution in [-0.4, -0.2) is 6.86 Å². The maximum Gasteiger partial charge on any atom is 0.228 e. The summed E-state index contributed by atoms with van der Waals surface area (Å²) < 4.78 is 16.3. The lowest BCUT2D eigenvalue weighted by atomic mass is 10.2. The van der Waals surface area contributed by atoms with Gasteiger partial charge in [-0.25, -0.2) is 4.39 Å². The first kappa shape index (κ1) is 9.62. The first-order chi connectivity index (χ1) is 5.65. The third kappa shape index (κ3) is 2.02. The molecule has 0 aliphatic carbocycles. The second-order valence-corrected chi connectivity index (χ2v) is 3.08. The highest BCUT2D eigenvalue weighted by Gasteiger charge is 2.03. The molecule has 66 valence electrons. The van der Waals surface area contributed by atoms with Crippen molar-refractivity contribution in [3.8, 4) is 5.75 Å². The van der Waals surface area contributed by atoms with E-state index in [1.54, 1.807) is 6.92 Å². The van der Waals surface area contributed by atoms with Crippen LogP contribution < -0.4 is 4.74 Å². The maximum atomic E-state index is 11.7. The highest BCUT2D eigenvalue weighted by atomic mass is 35.5. The molecule has 0 radical (unpaired) electrons. The quantitative estimate of drug-likeness (QED) is 0.722. The molecule has 0 aliphatic rings. The minimum Gasteiger partial charge on any atom is -0.463 e. The summed E-state index contributed by atoms with van der Waals surface area (Å²) in [6.45, 7) is 0.902. The molecule has 0 N–H and O–H groups in total. The Balaban J connectivity index is 3.04. The number of benzene rings is 1. The average Bonchev–Trinajstić information content (AvgIpc) is 2.01. The molecule has 0 saturated heterocycles. The zero-order valence-corrected chi connectivity index (χ0v) is 7.92. The van der Waals surface area contributed by atoms with E-state index in [1.807, 2.05) is 0 Å². The van der Waals surface area contributed by atoms with Crippen LogP contribution >= 0.6 is 23.2 Å². The number of halogens is 3. The highest BCUT2D eigenvalue weighted by molar-refractivity contribution is 6.36. The predicted octanol–water partition coefficient (Wildman–Crippen LogP) is 3.61. The van der Waals surface area contributed by atoms with Crippen LogP contribution in [0, 0.1) is 6.92 Å². The standard InChI is InChI=1S/C8H7Cl2FO/c1-5-7(9)2-6(12-4-11)3-8(5)10/h2-3H,4H2,1H3. The molecule has 1 nitrogen and oxygen atoms in total. The largest absolute Gasteiger partial charge is 0.463 e. The zero-order valence-electron chi connectivity index (χ0n) is 6.40. The third-order valence-corrected chi connectivity index (χ3v) is 2.26. The summed E-state index contributed by atoms with van der Waals surface area (Å²) in [5, 5.41) is 0.955. The lowest BCUT2D eigenvalue weighted by Crippen LogP contribution is -1.90. The van der Waals surface area contributed by atoms with Gasteiger partial charge in [0.2, 0.25) is 6.86 Å². The molecular formula is C8H7Cl2FO. The van der Waals surface area contributed by atoms with Gasteiger partial charge in [0.25, 0.3) is 0 Å². The number of rotatable bonds is 2. The molecule has 12 heavy (non-hydrogen) atoms. The first-order valence-electron chi connectivity index (χ1n) is 3.29. The normalized spacial score (nSPS) is 10.0. The van der Waals surface area contributed by atoms with Crippen LogP contribution in [0.1, 0.15) is 5.56 Å². The summed E-state index contributed by atoms with van der Waals surface area (Å²) in [6, 6.07) is 3.06. The van der Waals surface area contributed by atoms with Crippen LogP contribution in [0.25, 0.3) is 0 Å². The molecule has 1 aromatic rings. The van der Waals surface area contributed by atoms with Crippen molar-refractivity contribution in [3.05, 3.63) is 27.7 Å². The van der Waals surface area contributed by atoms with Crippen molar-refractivity contribution >= 4 is 23.2 Å². The average molecular weight is 209 g/mol. The van der Waals surface area contributed by atoms with Crippen molar-refractivity contribution in [1.82, 2.24) is 0 Å². The van der Waals surface area contributed by atoms with E-state index >= 15 is 0 Å². The Morgan fingerprint density at radius 1 is 1.33 bits per heavy atom. The van der Waals surface area contributed by atoms with E-state index in [4.69, 9.17) is 23.2 Å². The van der Waals surface area contributed by atoms with Gasteiger partial charge < -0.3 is 4.74 Å².